The summed E-state index contributed by atoms with van der Waals surface area (Å²) in [6.07, 6.45) is 1.17. The lowest BCUT2D eigenvalue weighted by molar-refractivity contribution is 0.414. The second kappa shape index (κ2) is 5.14. The van der Waals surface area contributed by atoms with Gasteiger partial charge in [0.15, 0.2) is 0 Å². The minimum Gasteiger partial charge on any atom is -0.497 e. The van der Waals surface area contributed by atoms with Crippen LogP contribution in [-0.4, -0.2) is 12.1 Å². The minimum atomic E-state index is -0.364. The topological polar surface area (TPSA) is 48.1 Å². The molecule has 0 aliphatic carbocycles. The first-order chi connectivity index (χ1) is 8.61. The molecule has 0 fully saturated rings. The molecule has 1 aromatic heterocycles. The Morgan fingerprint density at radius 1 is 1.28 bits per heavy atom. The maximum absolute atomic E-state index is 12.8. The number of nitrogens with zero attached hydrogens (tertiary/aromatic N) is 1. The Labute approximate surface area is 105 Å². The number of hydrogen-bond acceptors (Lipinski definition) is 3. The van der Waals surface area contributed by atoms with E-state index in [1.165, 1.54) is 12.3 Å². The summed E-state index contributed by atoms with van der Waals surface area (Å²) >= 11 is 0. The molecule has 1 atom stereocenters. The number of aromatic nitrogens is 1. The van der Waals surface area contributed by atoms with E-state index in [2.05, 4.69) is 4.98 Å². The molecule has 1 aromatic carbocycles. The van der Waals surface area contributed by atoms with Crippen LogP contribution < -0.4 is 10.5 Å². The quantitative estimate of drug-likeness (QED) is 0.905. The average molecular weight is 246 g/mol. The van der Waals surface area contributed by atoms with Crippen molar-refractivity contribution in [3.63, 3.8) is 0 Å². The summed E-state index contributed by atoms with van der Waals surface area (Å²) in [7, 11) is 1.62. The molecule has 0 saturated heterocycles. The van der Waals surface area contributed by atoms with Gasteiger partial charge in [0.05, 0.1) is 25.0 Å². The van der Waals surface area contributed by atoms with Crippen molar-refractivity contribution in [3.8, 4) is 5.75 Å². The molecule has 0 amide bonds. The highest BCUT2D eigenvalue weighted by Crippen LogP contribution is 2.24. The number of aryl methyl sites for hydroxylation is 1. The number of halogens is 1. The van der Waals surface area contributed by atoms with Gasteiger partial charge in [-0.2, -0.15) is 0 Å². The lowest BCUT2D eigenvalue weighted by Gasteiger charge is -2.15. The molecule has 2 rings (SSSR count). The van der Waals surface area contributed by atoms with E-state index in [-0.39, 0.29) is 11.9 Å². The third-order valence-corrected chi connectivity index (χ3v) is 2.88. The highest BCUT2D eigenvalue weighted by molar-refractivity contribution is 5.39. The molecule has 0 aliphatic rings. The third kappa shape index (κ3) is 2.49. The summed E-state index contributed by atoms with van der Waals surface area (Å²) in [5, 5.41) is 0. The predicted octanol–water partition coefficient (Wildman–Crippen LogP) is 2.59. The minimum absolute atomic E-state index is 0.364. The first-order valence-electron chi connectivity index (χ1n) is 5.63. The van der Waals surface area contributed by atoms with Gasteiger partial charge in [0, 0.05) is 0 Å². The van der Waals surface area contributed by atoms with Crippen molar-refractivity contribution >= 4 is 0 Å². The monoisotopic (exact) mass is 246 g/mol. The van der Waals surface area contributed by atoms with Gasteiger partial charge < -0.3 is 10.5 Å². The Hall–Kier alpha value is -1.94. The highest BCUT2D eigenvalue weighted by atomic mass is 19.1. The number of hydrogen-bond donors (Lipinski definition) is 1. The molecule has 18 heavy (non-hydrogen) atoms. The largest absolute Gasteiger partial charge is 0.497 e. The van der Waals surface area contributed by atoms with Crippen LogP contribution in [0.25, 0.3) is 0 Å². The molecule has 0 spiro atoms. The number of nitrogens with two attached hydrogens (primary N) is 1. The van der Waals surface area contributed by atoms with Crippen LogP contribution in [0.2, 0.25) is 0 Å². The number of ether oxygens (including phenoxy) is 1. The van der Waals surface area contributed by atoms with Gasteiger partial charge in [0.2, 0.25) is 0 Å². The Morgan fingerprint density at radius 3 is 2.61 bits per heavy atom. The molecule has 0 aliphatic heterocycles. The molecule has 0 bridgehead atoms. The van der Waals surface area contributed by atoms with Crippen LogP contribution in [0.1, 0.15) is 22.9 Å². The molecule has 1 unspecified atom stereocenters. The summed E-state index contributed by atoms with van der Waals surface area (Å²) in [5.74, 6) is 0.424. The van der Waals surface area contributed by atoms with Crippen molar-refractivity contribution < 1.29 is 9.13 Å². The van der Waals surface area contributed by atoms with E-state index in [4.69, 9.17) is 10.5 Å². The summed E-state index contributed by atoms with van der Waals surface area (Å²) in [6.45, 7) is 1.96. The van der Waals surface area contributed by atoms with E-state index in [0.29, 0.717) is 5.69 Å². The maximum atomic E-state index is 12.8. The van der Waals surface area contributed by atoms with Crippen molar-refractivity contribution in [1.82, 2.24) is 4.98 Å². The van der Waals surface area contributed by atoms with Gasteiger partial charge in [-0.3, -0.25) is 4.98 Å². The summed E-state index contributed by atoms with van der Waals surface area (Å²) in [5.41, 5.74) is 8.75. The van der Waals surface area contributed by atoms with Crippen LogP contribution >= 0.6 is 0 Å². The first-order valence-corrected chi connectivity index (χ1v) is 5.63. The summed E-state index contributed by atoms with van der Waals surface area (Å²) in [4.78, 5) is 4.01. The van der Waals surface area contributed by atoms with E-state index < -0.39 is 0 Å². The van der Waals surface area contributed by atoms with Crippen molar-refractivity contribution in [2.45, 2.75) is 13.0 Å². The first kappa shape index (κ1) is 12.5. The second-order valence-electron chi connectivity index (χ2n) is 4.10. The third-order valence-electron chi connectivity index (χ3n) is 2.88. The van der Waals surface area contributed by atoms with Gasteiger partial charge >= 0.3 is 0 Å². The zero-order chi connectivity index (χ0) is 13.1. The zero-order valence-corrected chi connectivity index (χ0v) is 10.4. The van der Waals surface area contributed by atoms with Crippen LogP contribution in [0.15, 0.2) is 36.5 Å². The second-order valence-corrected chi connectivity index (χ2v) is 4.10. The Bertz CT molecular complexity index is 540. The predicted molar refractivity (Wildman–Crippen MR) is 68.0 cm³/mol. The smallest absolute Gasteiger partial charge is 0.141 e. The van der Waals surface area contributed by atoms with Crippen LogP contribution in [0.5, 0.6) is 5.75 Å². The molecular formula is C14H15FN2O. The van der Waals surface area contributed by atoms with E-state index in [1.54, 1.807) is 13.2 Å². The van der Waals surface area contributed by atoms with Gasteiger partial charge in [-0.05, 0) is 42.3 Å². The normalized spacial score (nSPS) is 12.2. The van der Waals surface area contributed by atoms with E-state index in [0.717, 1.165) is 16.9 Å². The van der Waals surface area contributed by atoms with E-state index in [1.807, 2.05) is 25.1 Å². The molecular weight excluding hydrogens is 231 g/mol. The standard InChI is InChI=1S/C14H15FN2O/c1-9-7-11(18-2)4-5-12(9)14(16)13-6-3-10(15)8-17-13/h3-8,14H,16H2,1-2H3. The van der Waals surface area contributed by atoms with Crippen molar-refractivity contribution in [2.24, 2.45) is 5.73 Å². The Balaban J connectivity index is 2.33. The van der Waals surface area contributed by atoms with Crippen molar-refractivity contribution in [2.75, 3.05) is 7.11 Å². The maximum Gasteiger partial charge on any atom is 0.141 e. The van der Waals surface area contributed by atoms with E-state index >= 15 is 0 Å². The number of methoxy groups -OCH3 is 1. The molecule has 3 nitrogen and oxygen atoms in total. The fourth-order valence-corrected chi connectivity index (χ4v) is 1.85. The molecule has 0 radical (unpaired) electrons. The SMILES string of the molecule is COc1ccc(C(N)c2ccc(F)cn2)c(C)c1. The van der Waals surface area contributed by atoms with Crippen LogP contribution in [0.4, 0.5) is 4.39 Å². The molecule has 1 heterocycles. The lowest BCUT2D eigenvalue weighted by Crippen LogP contribution is -2.14. The highest BCUT2D eigenvalue weighted by Gasteiger charge is 2.13. The summed E-state index contributed by atoms with van der Waals surface area (Å²) < 4.78 is 18.0. The molecule has 2 aromatic rings. The van der Waals surface area contributed by atoms with Crippen molar-refractivity contribution in [1.29, 1.82) is 0 Å². The van der Waals surface area contributed by atoms with Gasteiger partial charge in [-0.15, -0.1) is 0 Å². The van der Waals surface area contributed by atoms with Crippen LogP contribution in [-0.2, 0) is 0 Å². The molecule has 4 heteroatoms. The number of pyridine rings is 1. The average Bonchev–Trinajstić information content (AvgIpc) is 2.38. The number of benzene rings is 1. The Morgan fingerprint density at radius 2 is 2.06 bits per heavy atom. The molecule has 94 valence electrons. The van der Waals surface area contributed by atoms with Gasteiger partial charge in [0.25, 0.3) is 0 Å². The fourth-order valence-electron chi connectivity index (χ4n) is 1.85. The lowest BCUT2D eigenvalue weighted by atomic mass is 9.99. The van der Waals surface area contributed by atoms with Crippen LogP contribution in [0, 0.1) is 12.7 Å². The van der Waals surface area contributed by atoms with Gasteiger partial charge in [-0.25, -0.2) is 4.39 Å². The van der Waals surface area contributed by atoms with Crippen molar-refractivity contribution in [3.05, 3.63) is 59.2 Å². The Kier molecular flexibility index (Phi) is 3.58. The molecule has 2 N–H and O–H groups in total. The zero-order valence-electron chi connectivity index (χ0n) is 10.4. The van der Waals surface area contributed by atoms with E-state index in [9.17, 15) is 4.39 Å². The number of rotatable bonds is 3. The molecule has 0 saturated carbocycles. The fraction of sp³-hybridized carbons (Fsp3) is 0.214. The van der Waals surface area contributed by atoms with Gasteiger partial charge in [0.1, 0.15) is 11.6 Å². The summed E-state index contributed by atoms with van der Waals surface area (Å²) in [6, 6.07) is 8.27. The van der Waals surface area contributed by atoms with Gasteiger partial charge in [-0.1, -0.05) is 6.07 Å². The van der Waals surface area contributed by atoms with Crippen LogP contribution in [0.3, 0.4) is 0 Å².